The zero-order chi connectivity index (χ0) is 12.3. The van der Waals surface area contributed by atoms with Gasteiger partial charge in [0.2, 0.25) is 0 Å². The molecule has 0 N–H and O–H groups in total. The van der Waals surface area contributed by atoms with E-state index >= 15 is 0 Å². The molecule has 0 saturated carbocycles. The molecule has 0 fully saturated rings. The van der Waals surface area contributed by atoms with Crippen LogP contribution in [0.2, 0.25) is 0 Å². The van der Waals surface area contributed by atoms with Gasteiger partial charge in [-0.3, -0.25) is 0 Å². The van der Waals surface area contributed by atoms with E-state index in [2.05, 4.69) is 20.1 Å². The maximum absolute atomic E-state index is 5.70. The Balaban J connectivity index is 2.40. The van der Waals surface area contributed by atoms with Crippen LogP contribution in [0.4, 0.5) is 0 Å². The van der Waals surface area contributed by atoms with Crippen LogP contribution in [-0.4, -0.2) is 24.7 Å². The first-order valence-corrected chi connectivity index (χ1v) is 6.14. The van der Waals surface area contributed by atoms with Crippen molar-refractivity contribution in [1.29, 1.82) is 0 Å². The molecule has 0 radical (unpaired) electrons. The topological polar surface area (TPSA) is 56.5 Å². The van der Waals surface area contributed by atoms with Crippen molar-refractivity contribution in [3.63, 3.8) is 0 Å². The normalized spacial score (nSPS) is 10.8. The zero-order valence-electron chi connectivity index (χ0n) is 9.89. The summed E-state index contributed by atoms with van der Waals surface area (Å²) in [5, 5.41) is 4.37. The molecule has 0 spiro atoms. The van der Waals surface area contributed by atoms with Gasteiger partial charge in [-0.2, -0.15) is 4.68 Å². The minimum Gasteiger partial charge on any atom is -0.219 e. The molecule has 2 aromatic heterocycles. The monoisotopic (exact) mass is 251 g/mol. The maximum atomic E-state index is 5.70. The number of rotatable bonds is 4. The lowest BCUT2D eigenvalue weighted by atomic mass is 10.4. The second-order valence-corrected chi connectivity index (χ2v) is 3.86. The van der Waals surface area contributed by atoms with Gasteiger partial charge in [0.1, 0.15) is 5.82 Å². The van der Waals surface area contributed by atoms with E-state index in [1.54, 1.807) is 17.1 Å². The highest BCUT2D eigenvalue weighted by Crippen LogP contribution is 2.07. The Morgan fingerprint density at radius 2 is 1.88 bits per heavy atom. The molecule has 0 bridgehead atoms. The van der Waals surface area contributed by atoms with Gasteiger partial charge in [-0.25, -0.2) is 15.0 Å². The maximum Gasteiger partial charge on any atom is 0.252 e. The number of hydrogen-bond acceptors (Lipinski definition) is 4. The summed E-state index contributed by atoms with van der Waals surface area (Å²) in [6.07, 6.45) is 5.03. The smallest absolute Gasteiger partial charge is 0.219 e. The van der Waals surface area contributed by atoms with Gasteiger partial charge in [0, 0.05) is 30.8 Å². The number of aromatic nitrogens is 5. The molecule has 0 atom stereocenters. The fraction of sp³-hybridized carbons (Fsp3) is 0.455. The third-order valence-electron chi connectivity index (χ3n) is 2.39. The van der Waals surface area contributed by atoms with Gasteiger partial charge in [0.25, 0.3) is 5.95 Å². The van der Waals surface area contributed by atoms with Gasteiger partial charge in [0.15, 0.2) is 5.82 Å². The molecule has 17 heavy (non-hydrogen) atoms. The summed E-state index contributed by atoms with van der Waals surface area (Å²) >= 11 is 5.70. The fourth-order valence-electron chi connectivity index (χ4n) is 1.46. The van der Waals surface area contributed by atoms with Crippen molar-refractivity contribution in [3.05, 3.63) is 29.6 Å². The van der Waals surface area contributed by atoms with E-state index < -0.39 is 0 Å². The standard InChI is InChI=1S/C11H14ClN5/c1-3-9-15-10(4-2)17(16-9)11-13-6-8(5-12)7-14-11/h6-7H,3-5H2,1-2H3. The number of alkyl halides is 1. The van der Waals surface area contributed by atoms with Crippen molar-refractivity contribution in [1.82, 2.24) is 24.7 Å². The van der Waals surface area contributed by atoms with Gasteiger partial charge in [-0.05, 0) is 0 Å². The van der Waals surface area contributed by atoms with Crippen LogP contribution in [0.3, 0.4) is 0 Å². The van der Waals surface area contributed by atoms with E-state index in [0.29, 0.717) is 11.8 Å². The van der Waals surface area contributed by atoms with Gasteiger partial charge in [-0.15, -0.1) is 16.7 Å². The lowest BCUT2D eigenvalue weighted by Gasteiger charge is -2.02. The van der Waals surface area contributed by atoms with Crippen molar-refractivity contribution in [2.75, 3.05) is 0 Å². The highest BCUT2D eigenvalue weighted by atomic mass is 35.5. The average Bonchev–Trinajstić information content (AvgIpc) is 2.82. The molecule has 2 rings (SSSR count). The van der Waals surface area contributed by atoms with Crippen LogP contribution >= 0.6 is 11.6 Å². The summed E-state index contributed by atoms with van der Waals surface area (Å²) < 4.78 is 1.69. The van der Waals surface area contributed by atoms with Crippen LogP contribution in [0.1, 0.15) is 31.1 Å². The molecule has 90 valence electrons. The molecule has 0 aromatic carbocycles. The minimum absolute atomic E-state index is 0.415. The molecular formula is C11H14ClN5. The predicted octanol–water partition coefficient (Wildman–Crippen LogP) is 1.92. The van der Waals surface area contributed by atoms with E-state index in [4.69, 9.17) is 11.6 Å². The summed E-state index contributed by atoms with van der Waals surface area (Å²) in [5.74, 6) is 2.65. The van der Waals surface area contributed by atoms with Crippen molar-refractivity contribution in [3.8, 4) is 5.95 Å². The van der Waals surface area contributed by atoms with Crippen LogP contribution in [0.15, 0.2) is 12.4 Å². The van der Waals surface area contributed by atoms with Crippen LogP contribution in [0.5, 0.6) is 0 Å². The molecule has 0 saturated heterocycles. The minimum atomic E-state index is 0.415. The van der Waals surface area contributed by atoms with Gasteiger partial charge < -0.3 is 0 Å². The van der Waals surface area contributed by atoms with Crippen molar-refractivity contribution in [2.24, 2.45) is 0 Å². The molecule has 6 heteroatoms. The van der Waals surface area contributed by atoms with E-state index in [1.807, 2.05) is 13.8 Å². The molecule has 0 aliphatic heterocycles. The highest BCUT2D eigenvalue weighted by molar-refractivity contribution is 6.17. The van der Waals surface area contributed by atoms with Gasteiger partial charge >= 0.3 is 0 Å². The molecule has 2 aromatic rings. The summed E-state index contributed by atoms with van der Waals surface area (Å²) in [6.45, 7) is 4.06. The third-order valence-corrected chi connectivity index (χ3v) is 2.69. The molecule has 0 aliphatic rings. The quantitative estimate of drug-likeness (QED) is 0.779. The van der Waals surface area contributed by atoms with E-state index in [0.717, 1.165) is 30.1 Å². The predicted molar refractivity (Wildman–Crippen MR) is 65.3 cm³/mol. The zero-order valence-corrected chi connectivity index (χ0v) is 10.6. The Morgan fingerprint density at radius 1 is 1.18 bits per heavy atom. The second kappa shape index (κ2) is 5.23. The Morgan fingerprint density at radius 3 is 2.41 bits per heavy atom. The van der Waals surface area contributed by atoms with E-state index in [1.165, 1.54) is 0 Å². The van der Waals surface area contributed by atoms with Gasteiger partial charge in [-0.1, -0.05) is 13.8 Å². The first-order chi connectivity index (χ1) is 8.28. The second-order valence-electron chi connectivity index (χ2n) is 3.59. The van der Waals surface area contributed by atoms with Gasteiger partial charge in [0.05, 0.1) is 5.88 Å². The molecule has 0 amide bonds. The molecule has 5 nitrogen and oxygen atoms in total. The first-order valence-electron chi connectivity index (χ1n) is 5.60. The summed E-state index contributed by atoms with van der Waals surface area (Å²) in [6, 6.07) is 0. The Hall–Kier alpha value is -1.49. The Kier molecular flexibility index (Phi) is 3.68. The molecule has 2 heterocycles. The Bertz CT molecular complexity index is 491. The average molecular weight is 252 g/mol. The largest absolute Gasteiger partial charge is 0.252 e. The fourth-order valence-corrected chi connectivity index (χ4v) is 1.59. The van der Waals surface area contributed by atoms with E-state index in [9.17, 15) is 0 Å². The number of nitrogens with zero attached hydrogens (tertiary/aromatic N) is 5. The SMILES string of the molecule is CCc1nc(CC)n(-c2ncc(CCl)cn2)n1. The first kappa shape index (κ1) is 12.0. The summed E-state index contributed by atoms with van der Waals surface area (Å²) in [7, 11) is 0. The summed E-state index contributed by atoms with van der Waals surface area (Å²) in [4.78, 5) is 12.9. The van der Waals surface area contributed by atoms with E-state index in [-0.39, 0.29) is 0 Å². The number of halogens is 1. The highest BCUT2D eigenvalue weighted by Gasteiger charge is 2.10. The van der Waals surface area contributed by atoms with Crippen LogP contribution < -0.4 is 0 Å². The number of aryl methyl sites for hydroxylation is 2. The number of hydrogen-bond donors (Lipinski definition) is 0. The molecule has 0 unspecified atom stereocenters. The van der Waals surface area contributed by atoms with Crippen molar-refractivity contribution in [2.45, 2.75) is 32.6 Å². The molecule has 0 aliphatic carbocycles. The Labute approximate surface area is 105 Å². The van der Waals surface area contributed by atoms with Crippen LogP contribution in [0.25, 0.3) is 5.95 Å². The van der Waals surface area contributed by atoms with Crippen LogP contribution in [-0.2, 0) is 18.7 Å². The third kappa shape index (κ3) is 2.44. The van der Waals surface area contributed by atoms with Crippen molar-refractivity contribution < 1.29 is 0 Å². The molecular weight excluding hydrogens is 238 g/mol. The lowest BCUT2D eigenvalue weighted by molar-refractivity contribution is 0.741. The lowest BCUT2D eigenvalue weighted by Crippen LogP contribution is -2.07. The van der Waals surface area contributed by atoms with Crippen molar-refractivity contribution >= 4 is 11.6 Å². The van der Waals surface area contributed by atoms with Crippen LogP contribution in [0, 0.1) is 0 Å². The summed E-state index contributed by atoms with van der Waals surface area (Å²) in [5.41, 5.74) is 0.893.